The summed E-state index contributed by atoms with van der Waals surface area (Å²) in [6.07, 6.45) is 6.31. The molecule has 2 heterocycles. The number of aliphatic hydroxyl groups is 1. The molecular weight excluding hydrogens is 326 g/mol. The minimum Gasteiger partial charge on any atom is -0.497 e. The lowest BCUT2D eigenvalue weighted by Crippen LogP contribution is -2.40. The highest BCUT2D eigenvalue weighted by molar-refractivity contribution is 5.84. The highest BCUT2D eigenvalue weighted by Gasteiger charge is 2.32. The maximum Gasteiger partial charge on any atom is 0.133 e. The van der Waals surface area contributed by atoms with Crippen LogP contribution >= 0.6 is 0 Å². The molecule has 1 N–H and O–H groups in total. The van der Waals surface area contributed by atoms with Crippen LogP contribution in [-0.2, 0) is 0 Å². The smallest absolute Gasteiger partial charge is 0.133 e. The van der Waals surface area contributed by atoms with Crippen molar-refractivity contribution in [3.63, 3.8) is 0 Å². The van der Waals surface area contributed by atoms with E-state index in [1.54, 1.807) is 30.6 Å². The van der Waals surface area contributed by atoms with Crippen LogP contribution in [0.3, 0.4) is 0 Å². The van der Waals surface area contributed by atoms with Gasteiger partial charge in [-0.05, 0) is 48.0 Å². The number of aliphatic imine (C=N–C) groups is 1. The molecule has 5 heteroatoms. The predicted octanol–water partition coefficient (Wildman–Crippen LogP) is 3.52. The lowest BCUT2D eigenvalue weighted by molar-refractivity contribution is 0.107. The summed E-state index contributed by atoms with van der Waals surface area (Å²) in [6, 6.07) is 7.94. The van der Waals surface area contributed by atoms with Gasteiger partial charge in [0, 0.05) is 30.8 Å². The molecule has 1 aromatic carbocycles. The molecule has 0 fully saturated rings. The molecule has 0 aliphatic carbocycles. The Balaban J connectivity index is 1.89. The Morgan fingerprint density at radius 2 is 2.19 bits per heavy atom. The third-order valence-corrected chi connectivity index (χ3v) is 5.10. The second kappa shape index (κ2) is 7.70. The molecule has 1 aliphatic heterocycles. The number of pyridine rings is 1. The molecule has 0 amide bonds. The maximum atomic E-state index is 11.1. The van der Waals surface area contributed by atoms with Crippen molar-refractivity contribution in [2.45, 2.75) is 26.0 Å². The number of fused-ring (bicyclic) bond motifs is 1. The number of aryl methyl sites for hydroxylation is 1. The van der Waals surface area contributed by atoms with Crippen LogP contribution in [-0.4, -0.2) is 36.2 Å². The summed E-state index contributed by atoms with van der Waals surface area (Å²) < 4.78 is 5.31. The molecule has 0 bridgehead atoms. The standard InChI is InChI=1S/C21H25N3O2/c1-5-24(20-13-22-9-8-14(20)2)21(25)15(3)19-12-23-11-16-10-17(26-4)6-7-18(16)19/h5-11,13,15,19,21,25H,1,12H2,2-4H3/t15-,19?,21-/m0/s1. The Labute approximate surface area is 154 Å². The van der Waals surface area contributed by atoms with Crippen molar-refractivity contribution in [3.8, 4) is 5.75 Å². The Bertz CT molecular complexity index is 819. The van der Waals surface area contributed by atoms with Gasteiger partial charge in [0.2, 0.25) is 0 Å². The summed E-state index contributed by atoms with van der Waals surface area (Å²) in [5, 5.41) is 11.1. The molecule has 0 radical (unpaired) electrons. The second-order valence-corrected chi connectivity index (χ2v) is 6.62. The molecular formula is C21H25N3O2. The van der Waals surface area contributed by atoms with Crippen molar-refractivity contribution in [1.82, 2.24) is 4.98 Å². The molecule has 3 atom stereocenters. The number of rotatable bonds is 6. The van der Waals surface area contributed by atoms with Crippen molar-refractivity contribution < 1.29 is 9.84 Å². The second-order valence-electron chi connectivity index (χ2n) is 6.62. The van der Waals surface area contributed by atoms with Crippen LogP contribution in [0.2, 0.25) is 0 Å². The van der Waals surface area contributed by atoms with Crippen molar-refractivity contribution >= 4 is 11.9 Å². The molecule has 26 heavy (non-hydrogen) atoms. The van der Waals surface area contributed by atoms with Crippen LogP contribution < -0.4 is 9.64 Å². The van der Waals surface area contributed by atoms with Gasteiger partial charge in [-0.25, -0.2) is 0 Å². The maximum absolute atomic E-state index is 11.1. The number of ether oxygens (including phenoxy) is 1. The quantitative estimate of drug-likeness (QED) is 0.809. The highest BCUT2D eigenvalue weighted by atomic mass is 16.5. The third-order valence-electron chi connectivity index (χ3n) is 5.10. The lowest BCUT2D eigenvalue weighted by atomic mass is 9.82. The van der Waals surface area contributed by atoms with E-state index in [9.17, 15) is 5.11 Å². The van der Waals surface area contributed by atoms with Gasteiger partial charge in [0.05, 0.1) is 19.0 Å². The summed E-state index contributed by atoms with van der Waals surface area (Å²) in [4.78, 5) is 10.5. The fourth-order valence-corrected chi connectivity index (χ4v) is 3.48. The number of aliphatic hydroxyl groups excluding tert-OH is 1. The number of benzene rings is 1. The first-order valence-corrected chi connectivity index (χ1v) is 8.74. The van der Waals surface area contributed by atoms with Crippen molar-refractivity contribution in [3.05, 3.63) is 66.1 Å². The number of anilines is 1. The van der Waals surface area contributed by atoms with Crippen LogP contribution in [0, 0.1) is 12.8 Å². The van der Waals surface area contributed by atoms with E-state index in [-0.39, 0.29) is 11.8 Å². The van der Waals surface area contributed by atoms with Gasteiger partial charge in [0.15, 0.2) is 0 Å². The molecule has 2 aromatic rings. The first-order valence-electron chi connectivity index (χ1n) is 8.74. The average Bonchev–Trinajstić information content (AvgIpc) is 2.68. The highest BCUT2D eigenvalue weighted by Crippen LogP contribution is 2.35. The summed E-state index contributed by atoms with van der Waals surface area (Å²) >= 11 is 0. The number of methoxy groups -OCH3 is 1. The fraction of sp³-hybridized carbons (Fsp3) is 0.333. The first kappa shape index (κ1) is 18.1. The normalized spacial score (nSPS) is 17.9. The summed E-state index contributed by atoms with van der Waals surface area (Å²) in [5.41, 5.74) is 4.12. The van der Waals surface area contributed by atoms with Crippen LogP contribution in [0.25, 0.3) is 0 Å². The number of hydrogen-bond donors (Lipinski definition) is 1. The number of hydrogen-bond acceptors (Lipinski definition) is 5. The predicted molar refractivity (Wildman–Crippen MR) is 105 cm³/mol. The zero-order valence-electron chi connectivity index (χ0n) is 15.5. The minimum atomic E-state index is -0.733. The SMILES string of the molecule is C=CN(c1cnccc1C)[C@@H](O)[C@@H](C)C1CN=Cc2cc(OC)ccc21. The van der Waals surface area contributed by atoms with Crippen molar-refractivity contribution in [2.24, 2.45) is 10.9 Å². The fourth-order valence-electron chi connectivity index (χ4n) is 3.48. The molecule has 5 nitrogen and oxygen atoms in total. The number of nitrogens with zero attached hydrogens (tertiary/aromatic N) is 3. The Hall–Kier alpha value is -2.66. The van der Waals surface area contributed by atoms with Gasteiger partial charge in [-0.3, -0.25) is 9.98 Å². The first-order chi connectivity index (χ1) is 12.6. The van der Waals surface area contributed by atoms with Crippen LogP contribution in [0.15, 0.2) is 54.4 Å². The monoisotopic (exact) mass is 351 g/mol. The summed E-state index contributed by atoms with van der Waals surface area (Å²) in [5.74, 6) is 0.857. The topological polar surface area (TPSA) is 58.0 Å². The van der Waals surface area contributed by atoms with Gasteiger partial charge in [0.1, 0.15) is 12.0 Å². The van der Waals surface area contributed by atoms with E-state index in [2.05, 4.69) is 22.6 Å². The molecule has 3 rings (SSSR count). The summed E-state index contributed by atoms with van der Waals surface area (Å²) in [7, 11) is 1.66. The van der Waals surface area contributed by atoms with E-state index in [1.165, 1.54) is 5.56 Å². The van der Waals surface area contributed by atoms with Crippen LogP contribution in [0.4, 0.5) is 5.69 Å². The van der Waals surface area contributed by atoms with Gasteiger partial charge in [-0.15, -0.1) is 0 Å². The van der Waals surface area contributed by atoms with Crippen molar-refractivity contribution in [1.29, 1.82) is 0 Å². The number of aromatic nitrogens is 1. The van der Waals surface area contributed by atoms with E-state index in [4.69, 9.17) is 4.74 Å². The minimum absolute atomic E-state index is 0.0581. The van der Waals surface area contributed by atoms with Gasteiger partial charge >= 0.3 is 0 Å². The molecule has 1 aromatic heterocycles. The van der Waals surface area contributed by atoms with Gasteiger partial charge in [0.25, 0.3) is 0 Å². The molecule has 1 unspecified atom stereocenters. The van der Waals surface area contributed by atoms with E-state index in [0.29, 0.717) is 6.54 Å². The molecule has 0 saturated carbocycles. The van der Waals surface area contributed by atoms with E-state index in [0.717, 1.165) is 22.6 Å². The zero-order valence-corrected chi connectivity index (χ0v) is 15.5. The largest absolute Gasteiger partial charge is 0.497 e. The Morgan fingerprint density at radius 1 is 1.38 bits per heavy atom. The lowest BCUT2D eigenvalue weighted by Gasteiger charge is -2.36. The van der Waals surface area contributed by atoms with Crippen LogP contribution in [0.1, 0.15) is 29.5 Å². The van der Waals surface area contributed by atoms with Gasteiger partial charge < -0.3 is 14.7 Å². The molecule has 0 saturated heterocycles. The van der Waals surface area contributed by atoms with E-state index >= 15 is 0 Å². The van der Waals surface area contributed by atoms with Crippen molar-refractivity contribution in [2.75, 3.05) is 18.6 Å². The Morgan fingerprint density at radius 3 is 2.88 bits per heavy atom. The average molecular weight is 351 g/mol. The van der Waals surface area contributed by atoms with E-state index in [1.807, 2.05) is 38.3 Å². The molecule has 136 valence electrons. The van der Waals surface area contributed by atoms with Gasteiger partial charge in [-0.2, -0.15) is 0 Å². The molecule has 1 aliphatic rings. The third kappa shape index (κ3) is 3.35. The summed E-state index contributed by atoms with van der Waals surface area (Å²) in [6.45, 7) is 8.58. The van der Waals surface area contributed by atoms with Crippen LogP contribution in [0.5, 0.6) is 5.75 Å². The van der Waals surface area contributed by atoms with E-state index < -0.39 is 6.23 Å². The zero-order chi connectivity index (χ0) is 18.7. The molecule has 0 spiro atoms. The Kier molecular flexibility index (Phi) is 5.38. The van der Waals surface area contributed by atoms with Gasteiger partial charge in [-0.1, -0.05) is 19.6 Å².